The van der Waals surface area contributed by atoms with E-state index in [2.05, 4.69) is 24.1 Å². The lowest BCUT2D eigenvalue weighted by atomic mass is 9.80. The summed E-state index contributed by atoms with van der Waals surface area (Å²) in [7, 11) is 0. The molecule has 1 heterocycles. The number of nitrogens with two attached hydrogens (primary N) is 1. The van der Waals surface area contributed by atoms with E-state index < -0.39 is 11.6 Å². The van der Waals surface area contributed by atoms with Gasteiger partial charge in [0.1, 0.15) is 11.6 Å². The number of nitrogens with one attached hydrogen (secondary N) is 1. The van der Waals surface area contributed by atoms with Gasteiger partial charge in [-0.3, -0.25) is 9.69 Å². The van der Waals surface area contributed by atoms with Crippen LogP contribution in [0.2, 0.25) is 0 Å². The Morgan fingerprint density at radius 2 is 1.96 bits per heavy atom. The van der Waals surface area contributed by atoms with Crippen LogP contribution in [0.3, 0.4) is 0 Å². The number of carbonyl (C=O) groups excluding carboxylic acids is 1. The van der Waals surface area contributed by atoms with E-state index in [1.54, 1.807) is 0 Å². The molecular weight excluding hydrogens is 324 g/mol. The first-order valence-corrected chi connectivity index (χ1v) is 7.46. The number of carbonyl (C=O) groups is 1. The van der Waals surface area contributed by atoms with Crippen LogP contribution in [0.25, 0.3) is 0 Å². The van der Waals surface area contributed by atoms with Gasteiger partial charge in [-0.2, -0.15) is 0 Å². The summed E-state index contributed by atoms with van der Waals surface area (Å²) in [6.45, 7) is 6.12. The first kappa shape index (κ1) is 19.8. The molecule has 0 radical (unpaired) electrons. The highest BCUT2D eigenvalue weighted by atomic mass is 35.5. The highest BCUT2D eigenvalue weighted by Gasteiger charge is 2.33. The van der Waals surface area contributed by atoms with Crippen molar-refractivity contribution >= 4 is 18.3 Å². The first-order valence-electron chi connectivity index (χ1n) is 7.46. The third-order valence-electron chi connectivity index (χ3n) is 4.17. The molecule has 130 valence electrons. The van der Waals surface area contributed by atoms with Gasteiger partial charge in [-0.1, -0.05) is 13.8 Å². The molecule has 1 aromatic rings. The fraction of sp³-hybridized carbons (Fsp3) is 0.562. The topological polar surface area (TPSA) is 58.4 Å². The minimum atomic E-state index is -0.643. The lowest BCUT2D eigenvalue weighted by molar-refractivity contribution is -0.123. The summed E-state index contributed by atoms with van der Waals surface area (Å²) in [6, 6.07) is 3.38. The number of hydrogen-bond acceptors (Lipinski definition) is 3. The lowest BCUT2D eigenvalue weighted by Gasteiger charge is -2.42. The van der Waals surface area contributed by atoms with Crippen LogP contribution in [0.5, 0.6) is 0 Å². The molecule has 0 spiro atoms. The molecule has 0 aromatic heterocycles. The molecule has 0 aliphatic carbocycles. The van der Waals surface area contributed by atoms with Gasteiger partial charge in [-0.15, -0.1) is 12.4 Å². The number of nitrogens with zero attached hydrogens (tertiary/aromatic N) is 1. The predicted molar refractivity (Wildman–Crippen MR) is 88.3 cm³/mol. The van der Waals surface area contributed by atoms with Gasteiger partial charge in [0.25, 0.3) is 0 Å². The van der Waals surface area contributed by atoms with Crippen molar-refractivity contribution in [3.05, 3.63) is 35.4 Å². The Balaban J connectivity index is 0.00000264. The van der Waals surface area contributed by atoms with Crippen LogP contribution >= 0.6 is 12.4 Å². The normalized spacial score (nSPS) is 20.7. The fourth-order valence-corrected chi connectivity index (χ4v) is 2.79. The van der Waals surface area contributed by atoms with Crippen molar-refractivity contribution in [3.8, 4) is 0 Å². The van der Waals surface area contributed by atoms with Crippen LogP contribution in [-0.4, -0.2) is 36.5 Å². The van der Waals surface area contributed by atoms with Crippen molar-refractivity contribution in [2.24, 2.45) is 11.1 Å². The molecule has 1 aliphatic heterocycles. The minimum absolute atomic E-state index is 0. The van der Waals surface area contributed by atoms with E-state index in [1.165, 1.54) is 12.1 Å². The Hall–Kier alpha value is -1.24. The van der Waals surface area contributed by atoms with Crippen LogP contribution in [0.1, 0.15) is 25.8 Å². The Morgan fingerprint density at radius 3 is 2.52 bits per heavy atom. The van der Waals surface area contributed by atoms with Crippen LogP contribution in [0.4, 0.5) is 8.78 Å². The molecule has 1 fully saturated rings. The Kier molecular flexibility index (Phi) is 6.92. The maximum absolute atomic E-state index is 13.1. The summed E-state index contributed by atoms with van der Waals surface area (Å²) in [5.41, 5.74) is 6.46. The van der Waals surface area contributed by atoms with Crippen molar-refractivity contribution < 1.29 is 13.6 Å². The predicted octanol–water partition coefficient (Wildman–Crippen LogP) is 2.06. The second-order valence-electron chi connectivity index (χ2n) is 6.65. The zero-order chi connectivity index (χ0) is 16.3. The number of benzene rings is 1. The van der Waals surface area contributed by atoms with Crippen molar-refractivity contribution in [2.75, 3.05) is 19.6 Å². The number of likely N-dealkylation sites (tertiary alicyclic amines) is 1. The third-order valence-corrected chi connectivity index (χ3v) is 4.17. The van der Waals surface area contributed by atoms with Gasteiger partial charge in [-0.05, 0) is 29.5 Å². The van der Waals surface area contributed by atoms with Gasteiger partial charge >= 0.3 is 0 Å². The van der Waals surface area contributed by atoms with Crippen LogP contribution in [0.15, 0.2) is 18.2 Å². The molecule has 1 aromatic carbocycles. The molecule has 2 rings (SSSR count). The molecule has 7 heteroatoms. The molecule has 1 saturated heterocycles. The monoisotopic (exact) mass is 347 g/mol. The van der Waals surface area contributed by atoms with Crippen LogP contribution in [0, 0.1) is 17.0 Å². The number of piperidine rings is 1. The van der Waals surface area contributed by atoms with Crippen molar-refractivity contribution in [1.82, 2.24) is 10.2 Å². The van der Waals surface area contributed by atoms with E-state index >= 15 is 0 Å². The minimum Gasteiger partial charge on any atom is -0.351 e. The van der Waals surface area contributed by atoms with Gasteiger partial charge in [0, 0.05) is 31.7 Å². The van der Waals surface area contributed by atoms with E-state index in [1.807, 2.05) is 0 Å². The average Bonchev–Trinajstić information content (AvgIpc) is 2.39. The lowest BCUT2D eigenvalue weighted by Crippen LogP contribution is -2.54. The summed E-state index contributed by atoms with van der Waals surface area (Å²) >= 11 is 0. The van der Waals surface area contributed by atoms with Gasteiger partial charge in [0.05, 0.1) is 6.54 Å². The second-order valence-corrected chi connectivity index (χ2v) is 6.65. The molecule has 0 saturated carbocycles. The standard InChI is InChI=1S/C16H23F2N3O.ClH/c1-16(2)10-21(4-3-14(16)19)9-15(22)20-8-11-5-12(17)7-13(18)6-11;/h5-7,14H,3-4,8-10,19H2,1-2H3,(H,20,22);1H. The number of rotatable bonds is 4. The van der Waals surface area contributed by atoms with E-state index in [4.69, 9.17) is 5.73 Å². The molecular formula is C16H24ClF2N3O. The summed E-state index contributed by atoms with van der Waals surface area (Å²) in [4.78, 5) is 14.0. The zero-order valence-electron chi connectivity index (χ0n) is 13.4. The maximum Gasteiger partial charge on any atom is 0.234 e. The number of halogens is 3. The summed E-state index contributed by atoms with van der Waals surface area (Å²) in [5, 5.41) is 2.69. The Bertz CT molecular complexity index is 534. The molecule has 23 heavy (non-hydrogen) atoms. The van der Waals surface area contributed by atoms with Gasteiger partial charge in [-0.25, -0.2) is 8.78 Å². The van der Waals surface area contributed by atoms with E-state index in [0.717, 1.165) is 25.6 Å². The summed E-state index contributed by atoms with van der Waals surface area (Å²) in [6.07, 6.45) is 0.857. The highest BCUT2D eigenvalue weighted by Crippen LogP contribution is 2.27. The van der Waals surface area contributed by atoms with Crippen molar-refractivity contribution in [1.29, 1.82) is 0 Å². The average molecular weight is 348 g/mol. The van der Waals surface area contributed by atoms with E-state index in [-0.39, 0.29) is 42.9 Å². The Labute approximate surface area is 141 Å². The van der Waals surface area contributed by atoms with Crippen LogP contribution in [-0.2, 0) is 11.3 Å². The van der Waals surface area contributed by atoms with Crippen molar-refractivity contribution in [2.45, 2.75) is 32.9 Å². The van der Waals surface area contributed by atoms with Crippen molar-refractivity contribution in [3.63, 3.8) is 0 Å². The molecule has 1 atom stereocenters. The quantitative estimate of drug-likeness (QED) is 0.876. The van der Waals surface area contributed by atoms with Gasteiger partial charge < -0.3 is 11.1 Å². The van der Waals surface area contributed by atoms with Crippen LogP contribution < -0.4 is 11.1 Å². The third kappa shape index (κ3) is 5.71. The second kappa shape index (κ2) is 8.04. The fourth-order valence-electron chi connectivity index (χ4n) is 2.79. The smallest absolute Gasteiger partial charge is 0.234 e. The number of hydrogen-bond donors (Lipinski definition) is 2. The molecule has 0 bridgehead atoms. The summed E-state index contributed by atoms with van der Waals surface area (Å²) in [5.74, 6) is -1.44. The van der Waals surface area contributed by atoms with Gasteiger partial charge in [0.2, 0.25) is 5.91 Å². The number of amides is 1. The van der Waals surface area contributed by atoms with E-state index in [9.17, 15) is 13.6 Å². The SMILES string of the molecule is CC1(C)CN(CC(=O)NCc2cc(F)cc(F)c2)CCC1N.Cl. The summed E-state index contributed by atoms with van der Waals surface area (Å²) < 4.78 is 26.1. The molecule has 4 nitrogen and oxygen atoms in total. The zero-order valence-corrected chi connectivity index (χ0v) is 14.3. The van der Waals surface area contributed by atoms with E-state index in [0.29, 0.717) is 5.56 Å². The molecule has 1 unspecified atom stereocenters. The Morgan fingerprint density at radius 1 is 1.35 bits per heavy atom. The largest absolute Gasteiger partial charge is 0.351 e. The maximum atomic E-state index is 13.1. The molecule has 3 N–H and O–H groups in total. The van der Waals surface area contributed by atoms with Gasteiger partial charge in [0.15, 0.2) is 0 Å². The molecule has 1 amide bonds. The first-order chi connectivity index (χ1) is 10.3. The molecule has 1 aliphatic rings. The highest BCUT2D eigenvalue weighted by molar-refractivity contribution is 5.85.